The SMILES string of the molecule is CCOC(=O)c1cc(NC(=O)C2(OC)CCCCC2)ccc1OC(C)C. The van der Waals surface area contributed by atoms with E-state index in [1.165, 1.54) is 0 Å². The highest BCUT2D eigenvalue weighted by Crippen LogP contribution is 2.33. The van der Waals surface area contributed by atoms with Crippen LogP contribution in [0.15, 0.2) is 18.2 Å². The number of amides is 1. The summed E-state index contributed by atoms with van der Waals surface area (Å²) in [5, 5.41) is 2.89. The standard InChI is InChI=1S/C20H29NO5/c1-5-25-18(22)16-13-15(9-10-17(16)26-14(2)3)21-19(23)20(24-4)11-7-6-8-12-20/h9-10,13-14H,5-8,11-12H2,1-4H3,(H,21,23). The molecular weight excluding hydrogens is 334 g/mol. The van der Waals surface area contributed by atoms with E-state index >= 15 is 0 Å². The topological polar surface area (TPSA) is 73.9 Å². The summed E-state index contributed by atoms with van der Waals surface area (Å²) in [6.07, 6.45) is 4.38. The number of esters is 1. The molecule has 2 rings (SSSR count). The van der Waals surface area contributed by atoms with Crippen LogP contribution >= 0.6 is 0 Å². The fraction of sp³-hybridized carbons (Fsp3) is 0.600. The quantitative estimate of drug-likeness (QED) is 0.743. The lowest BCUT2D eigenvalue weighted by Crippen LogP contribution is -2.46. The maximum atomic E-state index is 12.8. The molecule has 1 aliphatic carbocycles. The molecule has 0 aromatic heterocycles. The summed E-state index contributed by atoms with van der Waals surface area (Å²) >= 11 is 0. The molecular formula is C20H29NO5. The summed E-state index contributed by atoms with van der Waals surface area (Å²) in [6, 6.07) is 5.01. The van der Waals surface area contributed by atoms with E-state index in [0.717, 1.165) is 19.3 Å². The zero-order chi connectivity index (χ0) is 19.2. The second-order valence-electron chi connectivity index (χ2n) is 6.81. The first kappa shape index (κ1) is 20.2. The number of nitrogens with one attached hydrogen (secondary N) is 1. The second kappa shape index (κ2) is 9.03. The molecule has 0 saturated heterocycles. The molecule has 0 bridgehead atoms. The van der Waals surface area contributed by atoms with Crippen molar-refractivity contribution in [2.24, 2.45) is 0 Å². The van der Waals surface area contributed by atoms with Crippen molar-refractivity contribution in [2.45, 2.75) is 64.6 Å². The summed E-state index contributed by atoms with van der Waals surface area (Å²) < 4.78 is 16.4. The van der Waals surface area contributed by atoms with Crippen LogP contribution in [0.25, 0.3) is 0 Å². The van der Waals surface area contributed by atoms with Gasteiger partial charge in [-0.15, -0.1) is 0 Å². The van der Waals surface area contributed by atoms with Crippen LogP contribution in [0.4, 0.5) is 5.69 Å². The van der Waals surface area contributed by atoms with E-state index in [1.54, 1.807) is 32.2 Å². The lowest BCUT2D eigenvalue weighted by atomic mass is 9.84. The molecule has 1 aliphatic rings. The van der Waals surface area contributed by atoms with Gasteiger partial charge < -0.3 is 19.5 Å². The Morgan fingerprint density at radius 2 is 1.88 bits per heavy atom. The molecule has 1 fully saturated rings. The number of benzene rings is 1. The van der Waals surface area contributed by atoms with E-state index in [-0.39, 0.29) is 18.6 Å². The van der Waals surface area contributed by atoms with Gasteiger partial charge in [0.15, 0.2) is 0 Å². The van der Waals surface area contributed by atoms with Gasteiger partial charge in [0, 0.05) is 12.8 Å². The van der Waals surface area contributed by atoms with Gasteiger partial charge in [-0.1, -0.05) is 19.3 Å². The van der Waals surface area contributed by atoms with Crippen molar-refractivity contribution in [3.63, 3.8) is 0 Å². The number of carbonyl (C=O) groups excluding carboxylic acids is 2. The minimum atomic E-state index is -0.796. The fourth-order valence-electron chi connectivity index (χ4n) is 3.22. The van der Waals surface area contributed by atoms with Gasteiger partial charge >= 0.3 is 5.97 Å². The van der Waals surface area contributed by atoms with E-state index in [2.05, 4.69) is 5.32 Å². The second-order valence-corrected chi connectivity index (χ2v) is 6.81. The van der Waals surface area contributed by atoms with Crippen molar-refractivity contribution in [3.05, 3.63) is 23.8 Å². The van der Waals surface area contributed by atoms with Crippen LogP contribution in [0.2, 0.25) is 0 Å². The molecule has 1 aromatic rings. The van der Waals surface area contributed by atoms with E-state index in [4.69, 9.17) is 14.2 Å². The molecule has 1 amide bonds. The molecule has 0 aliphatic heterocycles. The lowest BCUT2D eigenvalue weighted by Gasteiger charge is -2.34. The summed E-state index contributed by atoms with van der Waals surface area (Å²) in [4.78, 5) is 25.1. The molecule has 0 spiro atoms. The summed E-state index contributed by atoms with van der Waals surface area (Å²) in [5.41, 5.74) is 0.0275. The lowest BCUT2D eigenvalue weighted by molar-refractivity contribution is -0.141. The number of methoxy groups -OCH3 is 1. The molecule has 0 atom stereocenters. The smallest absolute Gasteiger partial charge is 0.341 e. The van der Waals surface area contributed by atoms with Crippen molar-refractivity contribution in [3.8, 4) is 5.75 Å². The number of hydrogen-bond donors (Lipinski definition) is 1. The average molecular weight is 363 g/mol. The Labute approximate surface area is 155 Å². The van der Waals surface area contributed by atoms with Gasteiger partial charge in [0.1, 0.15) is 16.9 Å². The maximum absolute atomic E-state index is 12.8. The van der Waals surface area contributed by atoms with Gasteiger partial charge in [-0.3, -0.25) is 4.79 Å². The maximum Gasteiger partial charge on any atom is 0.341 e. The minimum absolute atomic E-state index is 0.0809. The molecule has 0 heterocycles. The Morgan fingerprint density at radius 3 is 2.46 bits per heavy atom. The molecule has 1 saturated carbocycles. The monoisotopic (exact) mass is 363 g/mol. The first-order valence-corrected chi connectivity index (χ1v) is 9.26. The van der Waals surface area contributed by atoms with Gasteiger partial charge in [0.2, 0.25) is 0 Å². The molecule has 1 N–H and O–H groups in total. The Bertz CT molecular complexity index is 635. The van der Waals surface area contributed by atoms with E-state index in [1.807, 2.05) is 13.8 Å². The first-order valence-electron chi connectivity index (χ1n) is 9.26. The number of rotatable bonds is 7. The van der Waals surface area contributed by atoms with Crippen molar-refractivity contribution in [1.82, 2.24) is 0 Å². The van der Waals surface area contributed by atoms with Crippen LogP contribution < -0.4 is 10.1 Å². The van der Waals surface area contributed by atoms with Gasteiger partial charge in [-0.2, -0.15) is 0 Å². The van der Waals surface area contributed by atoms with Gasteiger partial charge in [-0.05, 0) is 51.8 Å². The molecule has 26 heavy (non-hydrogen) atoms. The fourth-order valence-corrected chi connectivity index (χ4v) is 3.22. The highest BCUT2D eigenvalue weighted by molar-refractivity contribution is 5.99. The predicted molar refractivity (Wildman–Crippen MR) is 99.6 cm³/mol. The third-order valence-electron chi connectivity index (χ3n) is 4.56. The van der Waals surface area contributed by atoms with Gasteiger partial charge in [0.25, 0.3) is 5.91 Å². The minimum Gasteiger partial charge on any atom is -0.490 e. The van der Waals surface area contributed by atoms with Crippen LogP contribution in [0.1, 0.15) is 63.2 Å². The molecule has 0 unspecified atom stereocenters. The molecule has 6 heteroatoms. The summed E-state index contributed by atoms with van der Waals surface area (Å²) in [7, 11) is 1.58. The molecule has 1 aromatic carbocycles. The van der Waals surface area contributed by atoms with E-state index in [0.29, 0.717) is 29.8 Å². The first-order chi connectivity index (χ1) is 12.4. The van der Waals surface area contributed by atoms with Crippen molar-refractivity contribution in [2.75, 3.05) is 19.0 Å². The van der Waals surface area contributed by atoms with Crippen molar-refractivity contribution < 1.29 is 23.8 Å². The van der Waals surface area contributed by atoms with Crippen LogP contribution in [-0.2, 0) is 14.3 Å². The largest absolute Gasteiger partial charge is 0.490 e. The zero-order valence-electron chi connectivity index (χ0n) is 16.1. The average Bonchev–Trinajstić information content (AvgIpc) is 2.63. The third kappa shape index (κ3) is 4.75. The van der Waals surface area contributed by atoms with Crippen molar-refractivity contribution >= 4 is 17.6 Å². The van der Waals surface area contributed by atoms with Crippen LogP contribution in [-0.4, -0.2) is 37.3 Å². The molecule has 0 radical (unpaired) electrons. The third-order valence-corrected chi connectivity index (χ3v) is 4.56. The number of anilines is 1. The van der Waals surface area contributed by atoms with Crippen LogP contribution in [0, 0.1) is 0 Å². The van der Waals surface area contributed by atoms with E-state index in [9.17, 15) is 9.59 Å². The normalized spacial score (nSPS) is 16.2. The van der Waals surface area contributed by atoms with Crippen molar-refractivity contribution in [1.29, 1.82) is 0 Å². The Hall–Kier alpha value is -2.08. The van der Waals surface area contributed by atoms with Crippen LogP contribution in [0.5, 0.6) is 5.75 Å². The molecule has 144 valence electrons. The number of hydrogen-bond acceptors (Lipinski definition) is 5. The number of carbonyl (C=O) groups is 2. The molecule has 6 nitrogen and oxygen atoms in total. The number of ether oxygens (including phenoxy) is 3. The van der Waals surface area contributed by atoms with Gasteiger partial charge in [-0.25, -0.2) is 4.79 Å². The predicted octanol–water partition coefficient (Wildman–Crippen LogP) is 3.94. The Morgan fingerprint density at radius 1 is 1.19 bits per heavy atom. The summed E-state index contributed by atoms with van der Waals surface area (Å²) in [5.74, 6) is -0.207. The summed E-state index contributed by atoms with van der Waals surface area (Å²) in [6.45, 7) is 5.79. The van der Waals surface area contributed by atoms with E-state index < -0.39 is 11.6 Å². The highest BCUT2D eigenvalue weighted by Gasteiger charge is 2.39. The highest BCUT2D eigenvalue weighted by atomic mass is 16.5. The Balaban J connectivity index is 2.24. The Kier molecular flexibility index (Phi) is 7.03. The van der Waals surface area contributed by atoms with Crippen LogP contribution in [0.3, 0.4) is 0 Å². The zero-order valence-corrected chi connectivity index (χ0v) is 16.1. The van der Waals surface area contributed by atoms with Gasteiger partial charge in [0.05, 0.1) is 12.7 Å².